The lowest BCUT2D eigenvalue weighted by Gasteiger charge is -2.13. The average molecular weight is 230 g/mol. The Hall–Kier alpha value is -1.28. The van der Waals surface area contributed by atoms with Crippen molar-refractivity contribution in [3.8, 4) is 11.3 Å². The van der Waals surface area contributed by atoms with Crippen molar-refractivity contribution in [1.29, 1.82) is 0 Å². The minimum Gasteiger partial charge on any atom is -0.462 e. The minimum absolute atomic E-state index is 0.996. The zero-order chi connectivity index (χ0) is 11.8. The number of furan rings is 1. The van der Waals surface area contributed by atoms with Crippen LogP contribution in [0.3, 0.4) is 0 Å². The van der Waals surface area contributed by atoms with Gasteiger partial charge in [-0.3, -0.25) is 0 Å². The zero-order valence-corrected chi connectivity index (χ0v) is 11.4. The van der Waals surface area contributed by atoms with E-state index in [4.69, 9.17) is 4.42 Å². The van der Waals surface area contributed by atoms with Crippen LogP contribution in [-0.4, -0.2) is 8.07 Å². The smallest absolute Gasteiger partial charge is 0.134 e. The summed E-state index contributed by atoms with van der Waals surface area (Å²) in [5, 5.41) is 1.42. The normalized spacial score (nSPS) is 11.8. The monoisotopic (exact) mass is 230 g/mol. The van der Waals surface area contributed by atoms with Gasteiger partial charge >= 0.3 is 0 Å². The Bertz CT molecular complexity index is 477. The Labute approximate surface area is 98.1 Å². The summed E-state index contributed by atoms with van der Waals surface area (Å²) in [6.07, 6.45) is 0. The van der Waals surface area contributed by atoms with Crippen molar-refractivity contribution in [3.05, 3.63) is 42.2 Å². The van der Waals surface area contributed by atoms with Crippen molar-refractivity contribution in [1.82, 2.24) is 0 Å². The first-order chi connectivity index (χ1) is 7.48. The van der Waals surface area contributed by atoms with Crippen LogP contribution in [0.4, 0.5) is 0 Å². The van der Waals surface area contributed by atoms with Gasteiger partial charge in [-0.1, -0.05) is 50.0 Å². The summed E-state index contributed by atoms with van der Waals surface area (Å²) in [5.41, 5.74) is 1.16. The Kier molecular flexibility index (Phi) is 2.76. The molecule has 0 aliphatic carbocycles. The van der Waals surface area contributed by atoms with Gasteiger partial charge < -0.3 is 4.42 Å². The van der Waals surface area contributed by atoms with Crippen molar-refractivity contribution in [3.63, 3.8) is 0 Å². The highest BCUT2D eigenvalue weighted by molar-refractivity contribution is 6.89. The predicted molar refractivity (Wildman–Crippen MR) is 71.9 cm³/mol. The second-order valence-corrected chi connectivity index (χ2v) is 10.2. The summed E-state index contributed by atoms with van der Waals surface area (Å²) in [7, 11) is -1.28. The van der Waals surface area contributed by atoms with E-state index in [1.165, 1.54) is 5.19 Å². The van der Waals surface area contributed by atoms with Gasteiger partial charge in [-0.05, 0) is 18.2 Å². The maximum Gasteiger partial charge on any atom is 0.134 e. The minimum atomic E-state index is -1.28. The third-order valence-electron chi connectivity index (χ3n) is 2.78. The van der Waals surface area contributed by atoms with Crippen LogP contribution >= 0.6 is 0 Å². The first-order valence-electron chi connectivity index (χ1n) is 5.65. The van der Waals surface area contributed by atoms with Crippen molar-refractivity contribution < 1.29 is 4.42 Å². The largest absolute Gasteiger partial charge is 0.462 e. The van der Waals surface area contributed by atoms with E-state index in [2.05, 4.69) is 44.8 Å². The van der Waals surface area contributed by atoms with E-state index in [0.717, 1.165) is 17.1 Å². The highest BCUT2D eigenvalue weighted by atomic mass is 28.3. The molecule has 0 aliphatic rings. The molecule has 2 aromatic rings. The van der Waals surface area contributed by atoms with Gasteiger partial charge in [-0.25, -0.2) is 0 Å². The van der Waals surface area contributed by atoms with Gasteiger partial charge in [0.25, 0.3) is 0 Å². The molecule has 1 aromatic carbocycles. The summed E-state index contributed by atoms with van der Waals surface area (Å²) in [6.45, 7) is 9.11. The van der Waals surface area contributed by atoms with E-state index in [-0.39, 0.29) is 0 Å². The van der Waals surface area contributed by atoms with Crippen LogP contribution in [0.5, 0.6) is 0 Å². The quantitative estimate of drug-likeness (QED) is 0.715. The van der Waals surface area contributed by atoms with Gasteiger partial charge in [0.15, 0.2) is 0 Å². The number of aryl methyl sites for hydroxylation is 1. The van der Waals surface area contributed by atoms with E-state index < -0.39 is 8.07 Å². The fraction of sp³-hybridized carbons (Fsp3) is 0.286. The summed E-state index contributed by atoms with van der Waals surface area (Å²) < 4.78 is 5.86. The molecule has 1 nitrogen and oxygen atoms in total. The molecule has 2 heteroatoms. The summed E-state index contributed by atoms with van der Waals surface area (Å²) in [6, 6.07) is 12.5. The fourth-order valence-electron chi connectivity index (χ4n) is 1.97. The predicted octanol–water partition coefficient (Wildman–Crippen LogP) is 3.80. The van der Waals surface area contributed by atoms with Gasteiger partial charge in [0, 0.05) is 5.56 Å². The molecule has 0 spiro atoms. The van der Waals surface area contributed by atoms with Crippen LogP contribution < -0.4 is 5.19 Å². The lowest BCUT2D eigenvalue weighted by Crippen LogP contribution is -2.37. The number of rotatable bonds is 2. The van der Waals surface area contributed by atoms with Gasteiger partial charge in [0.2, 0.25) is 0 Å². The topological polar surface area (TPSA) is 13.1 Å². The van der Waals surface area contributed by atoms with E-state index in [1.54, 1.807) is 0 Å². The molecular weight excluding hydrogens is 212 g/mol. The second kappa shape index (κ2) is 3.94. The maximum absolute atomic E-state index is 5.86. The summed E-state index contributed by atoms with van der Waals surface area (Å²) in [4.78, 5) is 0. The standard InChI is InChI=1S/C14H18OSi/c1-11-14(16(2,3)4)10-13(15-11)12-8-6-5-7-9-12/h5-10H,1-4H3. The SMILES string of the molecule is Cc1oc(-c2ccccc2)cc1[Si](C)(C)C. The maximum atomic E-state index is 5.86. The first kappa shape index (κ1) is 11.2. The molecule has 16 heavy (non-hydrogen) atoms. The van der Waals surface area contributed by atoms with Crippen LogP contribution in [0.15, 0.2) is 40.8 Å². The average Bonchev–Trinajstić information content (AvgIpc) is 2.61. The van der Waals surface area contributed by atoms with Crippen molar-refractivity contribution in [2.24, 2.45) is 0 Å². The molecule has 0 radical (unpaired) electrons. The highest BCUT2D eigenvalue weighted by Gasteiger charge is 2.22. The van der Waals surface area contributed by atoms with Crippen molar-refractivity contribution >= 4 is 13.3 Å². The van der Waals surface area contributed by atoms with Crippen LogP contribution in [0.2, 0.25) is 19.6 Å². The van der Waals surface area contributed by atoms with E-state index in [1.807, 2.05) is 18.2 Å². The van der Waals surface area contributed by atoms with Crippen LogP contribution in [-0.2, 0) is 0 Å². The first-order valence-corrected chi connectivity index (χ1v) is 9.15. The van der Waals surface area contributed by atoms with Crippen molar-refractivity contribution in [2.45, 2.75) is 26.6 Å². The van der Waals surface area contributed by atoms with E-state index >= 15 is 0 Å². The molecule has 0 unspecified atom stereocenters. The molecule has 1 heterocycles. The number of benzene rings is 1. The molecule has 0 atom stereocenters. The van der Waals surface area contributed by atoms with Crippen molar-refractivity contribution in [2.75, 3.05) is 0 Å². The lowest BCUT2D eigenvalue weighted by molar-refractivity contribution is 0.550. The van der Waals surface area contributed by atoms with E-state index in [9.17, 15) is 0 Å². The molecule has 0 bridgehead atoms. The molecule has 0 N–H and O–H groups in total. The molecule has 84 valence electrons. The third kappa shape index (κ3) is 2.12. The fourth-order valence-corrected chi connectivity index (χ4v) is 3.64. The number of hydrogen-bond donors (Lipinski definition) is 0. The van der Waals surface area contributed by atoms with Gasteiger partial charge in [-0.2, -0.15) is 0 Å². The van der Waals surface area contributed by atoms with E-state index in [0.29, 0.717) is 0 Å². The number of hydrogen-bond acceptors (Lipinski definition) is 1. The molecule has 1 aromatic heterocycles. The Balaban J connectivity index is 2.47. The van der Waals surface area contributed by atoms with Crippen LogP contribution in [0.1, 0.15) is 5.76 Å². The van der Waals surface area contributed by atoms with Gasteiger partial charge in [-0.15, -0.1) is 0 Å². The Morgan fingerprint density at radius 1 is 1.00 bits per heavy atom. The summed E-state index contributed by atoms with van der Waals surface area (Å²) in [5.74, 6) is 2.08. The molecule has 0 saturated carbocycles. The van der Waals surface area contributed by atoms with Crippen LogP contribution in [0, 0.1) is 6.92 Å². The lowest BCUT2D eigenvalue weighted by atomic mass is 10.2. The van der Waals surface area contributed by atoms with Gasteiger partial charge in [0.1, 0.15) is 11.5 Å². The molecule has 0 aliphatic heterocycles. The second-order valence-electron chi connectivity index (χ2n) is 5.20. The van der Waals surface area contributed by atoms with Gasteiger partial charge in [0.05, 0.1) is 8.07 Å². The third-order valence-corrected chi connectivity index (χ3v) is 4.90. The molecule has 0 saturated heterocycles. The Morgan fingerprint density at radius 2 is 1.62 bits per heavy atom. The molecule has 2 rings (SSSR count). The zero-order valence-electron chi connectivity index (χ0n) is 10.4. The molecule has 0 fully saturated rings. The summed E-state index contributed by atoms with van der Waals surface area (Å²) >= 11 is 0. The molecule has 0 amide bonds. The Morgan fingerprint density at radius 3 is 2.12 bits per heavy atom. The van der Waals surface area contributed by atoms with Crippen LogP contribution in [0.25, 0.3) is 11.3 Å². The molecular formula is C14H18OSi. The highest BCUT2D eigenvalue weighted by Crippen LogP contribution is 2.22.